The highest BCUT2D eigenvalue weighted by molar-refractivity contribution is 9.10. The zero-order chi connectivity index (χ0) is 24.5. The van der Waals surface area contributed by atoms with Crippen molar-refractivity contribution in [3.05, 3.63) is 86.6 Å². The van der Waals surface area contributed by atoms with Gasteiger partial charge in [0, 0.05) is 4.47 Å². The van der Waals surface area contributed by atoms with Gasteiger partial charge in [0.25, 0.3) is 0 Å². The lowest BCUT2D eigenvalue weighted by atomic mass is 10.2. The Morgan fingerprint density at radius 1 is 1.06 bits per heavy atom. The van der Waals surface area contributed by atoms with Gasteiger partial charge in [-0.2, -0.15) is 5.10 Å². The van der Waals surface area contributed by atoms with E-state index in [9.17, 15) is 14.0 Å². The fourth-order valence-electron chi connectivity index (χ4n) is 2.81. The summed E-state index contributed by atoms with van der Waals surface area (Å²) in [5.41, 5.74) is 3.88. The topological polar surface area (TPSA) is 89.0 Å². The number of para-hydroxylation sites is 1. The second-order valence-electron chi connectivity index (χ2n) is 6.95. The fourth-order valence-corrected chi connectivity index (χ4v) is 3.65. The van der Waals surface area contributed by atoms with Crippen LogP contribution < -0.4 is 20.2 Å². The Hall–Kier alpha value is -3.24. The maximum Gasteiger partial charge on any atom is 0.249 e. The van der Waals surface area contributed by atoms with Crippen molar-refractivity contribution in [2.45, 2.75) is 13.0 Å². The number of ether oxygens (including phenoxy) is 2. The molecule has 0 saturated heterocycles. The molecule has 176 valence electrons. The van der Waals surface area contributed by atoms with Crippen LogP contribution in [0.1, 0.15) is 17.5 Å². The third-order valence-corrected chi connectivity index (χ3v) is 5.54. The minimum absolute atomic E-state index is 0.00295. The van der Waals surface area contributed by atoms with E-state index < -0.39 is 24.1 Å². The van der Waals surface area contributed by atoms with E-state index in [4.69, 9.17) is 9.47 Å². The summed E-state index contributed by atoms with van der Waals surface area (Å²) < 4.78 is 26.5. The zero-order valence-electron chi connectivity index (χ0n) is 18.0. The molecule has 34 heavy (non-hydrogen) atoms. The first-order valence-corrected chi connectivity index (χ1v) is 11.6. The maximum atomic E-state index is 13.6. The number of carbonyl (C=O) groups is 2. The van der Waals surface area contributed by atoms with E-state index in [-0.39, 0.29) is 5.69 Å². The molecule has 0 fully saturated rings. The number of rotatable bonds is 9. The largest absolute Gasteiger partial charge is 0.493 e. The summed E-state index contributed by atoms with van der Waals surface area (Å²) in [7, 11) is 1.52. The first-order valence-electron chi connectivity index (χ1n) is 9.96. The van der Waals surface area contributed by atoms with E-state index in [1.54, 1.807) is 18.2 Å². The van der Waals surface area contributed by atoms with E-state index in [0.717, 1.165) is 10.0 Å². The molecular weight excluding hydrogens is 573 g/mol. The number of nitrogens with zero attached hydrogens (tertiary/aromatic N) is 1. The Morgan fingerprint density at radius 2 is 1.79 bits per heavy atom. The van der Waals surface area contributed by atoms with E-state index in [1.165, 1.54) is 31.5 Å². The number of halogens is 3. The van der Waals surface area contributed by atoms with E-state index >= 15 is 0 Å². The number of amides is 2. The predicted molar refractivity (Wildman–Crippen MR) is 135 cm³/mol. The lowest BCUT2D eigenvalue weighted by Crippen LogP contribution is -2.24. The first-order chi connectivity index (χ1) is 16.4. The minimum atomic E-state index is -0.658. The van der Waals surface area contributed by atoms with Crippen LogP contribution in [0.5, 0.6) is 11.5 Å². The summed E-state index contributed by atoms with van der Waals surface area (Å²) in [5.74, 6) is -0.891. The van der Waals surface area contributed by atoms with E-state index in [2.05, 4.69) is 47.7 Å². The number of methoxy groups -OCH3 is 1. The molecule has 0 bridgehead atoms. The van der Waals surface area contributed by atoms with Crippen molar-refractivity contribution in [2.75, 3.05) is 12.4 Å². The van der Waals surface area contributed by atoms with E-state index in [0.29, 0.717) is 28.1 Å². The predicted octanol–water partition coefficient (Wildman–Crippen LogP) is 5.42. The molecule has 0 atom stereocenters. The minimum Gasteiger partial charge on any atom is -0.493 e. The molecule has 0 radical (unpaired) electrons. The second-order valence-corrected chi connectivity index (χ2v) is 8.72. The Bertz CT molecular complexity index is 1200. The van der Waals surface area contributed by atoms with Crippen molar-refractivity contribution in [1.82, 2.24) is 5.43 Å². The highest BCUT2D eigenvalue weighted by atomic mass is 79.9. The maximum absolute atomic E-state index is 13.6. The number of benzene rings is 3. The molecule has 0 aliphatic heterocycles. The summed E-state index contributed by atoms with van der Waals surface area (Å²) in [6, 6.07) is 16.9. The molecule has 0 aliphatic carbocycles. The van der Waals surface area contributed by atoms with Gasteiger partial charge in [0.15, 0.2) is 11.5 Å². The Kier molecular flexibility index (Phi) is 9.17. The first kappa shape index (κ1) is 25.4. The summed E-state index contributed by atoms with van der Waals surface area (Å²) in [6.45, 7) is 0.348. The van der Waals surface area contributed by atoms with Gasteiger partial charge in [0.05, 0.1) is 23.5 Å². The van der Waals surface area contributed by atoms with Crippen LogP contribution in [0.3, 0.4) is 0 Å². The molecule has 7 nitrogen and oxygen atoms in total. The van der Waals surface area contributed by atoms with Crippen LogP contribution >= 0.6 is 31.9 Å². The number of nitrogens with one attached hydrogen (secondary N) is 2. The van der Waals surface area contributed by atoms with E-state index in [1.807, 2.05) is 24.3 Å². The lowest BCUT2D eigenvalue weighted by molar-refractivity contribution is -0.126. The summed E-state index contributed by atoms with van der Waals surface area (Å²) in [4.78, 5) is 23.9. The van der Waals surface area contributed by atoms with Crippen LogP contribution in [-0.2, 0) is 16.2 Å². The van der Waals surface area contributed by atoms with Crippen molar-refractivity contribution in [3.63, 3.8) is 0 Å². The monoisotopic (exact) mass is 591 g/mol. The van der Waals surface area contributed by atoms with Crippen LogP contribution in [0.25, 0.3) is 0 Å². The highest BCUT2D eigenvalue weighted by Gasteiger charge is 2.13. The Balaban J connectivity index is 1.57. The third kappa shape index (κ3) is 7.39. The molecule has 0 heterocycles. The van der Waals surface area contributed by atoms with Crippen LogP contribution in [0.2, 0.25) is 0 Å². The molecule has 0 saturated carbocycles. The van der Waals surface area contributed by atoms with Crippen molar-refractivity contribution < 1.29 is 23.5 Å². The number of hydrazone groups is 1. The van der Waals surface area contributed by atoms with Gasteiger partial charge < -0.3 is 14.8 Å². The van der Waals surface area contributed by atoms with Crippen LogP contribution in [0.15, 0.2) is 74.7 Å². The number of hydrogen-bond donors (Lipinski definition) is 2. The number of anilines is 1. The smallest absolute Gasteiger partial charge is 0.249 e. The molecule has 2 amide bonds. The third-order valence-electron chi connectivity index (χ3n) is 4.42. The van der Waals surface area contributed by atoms with Crippen molar-refractivity contribution >= 4 is 55.6 Å². The average molecular weight is 593 g/mol. The zero-order valence-corrected chi connectivity index (χ0v) is 21.2. The van der Waals surface area contributed by atoms with Gasteiger partial charge in [-0.3, -0.25) is 9.59 Å². The molecule has 0 spiro atoms. The molecule has 10 heteroatoms. The van der Waals surface area contributed by atoms with Gasteiger partial charge in [-0.15, -0.1) is 0 Å². The van der Waals surface area contributed by atoms with Gasteiger partial charge in [-0.05, 0) is 63.5 Å². The molecule has 2 N–H and O–H groups in total. The summed E-state index contributed by atoms with van der Waals surface area (Å²) >= 11 is 6.87. The molecule has 3 aromatic rings. The standard InChI is InChI=1S/C24H20Br2FN3O4/c1-33-21-11-16(10-18(26)24(21)34-14-15-6-8-17(25)9-7-15)13-28-30-23(32)12-22(31)29-20-5-3-2-4-19(20)27/h2-11,13H,12,14H2,1H3,(H,29,31)(H,30,32). The molecule has 0 aromatic heterocycles. The lowest BCUT2D eigenvalue weighted by Gasteiger charge is -2.13. The molecular formula is C24H20Br2FN3O4. The molecule has 0 unspecified atom stereocenters. The van der Waals surface area contributed by atoms with Crippen LogP contribution in [0.4, 0.5) is 10.1 Å². The molecule has 3 aromatic carbocycles. The number of carbonyl (C=O) groups excluding carboxylic acids is 2. The second kappa shape index (κ2) is 12.3. The molecule has 0 aliphatic rings. The van der Waals surface area contributed by atoms with Gasteiger partial charge in [0.1, 0.15) is 18.8 Å². The highest BCUT2D eigenvalue weighted by Crippen LogP contribution is 2.37. The Labute approximate surface area is 212 Å². The van der Waals surface area contributed by atoms with Crippen molar-refractivity contribution in [3.8, 4) is 11.5 Å². The van der Waals surface area contributed by atoms with Gasteiger partial charge >= 0.3 is 0 Å². The molecule has 3 rings (SSSR count). The number of hydrogen-bond acceptors (Lipinski definition) is 5. The van der Waals surface area contributed by atoms with Crippen LogP contribution in [-0.4, -0.2) is 25.1 Å². The van der Waals surface area contributed by atoms with Gasteiger partial charge in [0.2, 0.25) is 11.8 Å². The van der Waals surface area contributed by atoms with Crippen molar-refractivity contribution in [1.29, 1.82) is 0 Å². The fraction of sp³-hybridized carbons (Fsp3) is 0.125. The average Bonchev–Trinajstić information content (AvgIpc) is 2.80. The van der Waals surface area contributed by atoms with Gasteiger partial charge in [-0.1, -0.05) is 40.2 Å². The van der Waals surface area contributed by atoms with Crippen LogP contribution in [0, 0.1) is 5.82 Å². The quantitative estimate of drug-likeness (QED) is 0.197. The Morgan fingerprint density at radius 3 is 2.50 bits per heavy atom. The van der Waals surface area contributed by atoms with Gasteiger partial charge in [-0.25, -0.2) is 9.82 Å². The van der Waals surface area contributed by atoms with Crippen molar-refractivity contribution in [2.24, 2.45) is 5.10 Å². The summed E-state index contributed by atoms with van der Waals surface area (Å²) in [6.07, 6.45) is 0.889. The SMILES string of the molecule is COc1cc(C=NNC(=O)CC(=O)Nc2ccccc2F)cc(Br)c1OCc1ccc(Br)cc1. The normalized spacial score (nSPS) is 10.7. The summed E-state index contributed by atoms with van der Waals surface area (Å²) in [5, 5.41) is 6.21.